The third kappa shape index (κ3) is 3.87. The van der Waals surface area contributed by atoms with Gasteiger partial charge in [-0.05, 0) is 49.2 Å². The number of aliphatic carboxylic acids is 1. The predicted octanol–water partition coefficient (Wildman–Crippen LogP) is 4.13. The van der Waals surface area contributed by atoms with Crippen molar-refractivity contribution in [1.29, 1.82) is 0 Å². The van der Waals surface area contributed by atoms with Crippen molar-refractivity contribution < 1.29 is 23.8 Å². The third-order valence-corrected chi connectivity index (χ3v) is 5.12. The van der Waals surface area contributed by atoms with Gasteiger partial charge in [-0.2, -0.15) is 0 Å². The van der Waals surface area contributed by atoms with E-state index in [1.807, 2.05) is 4.90 Å². The first-order valence-corrected chi connectivity index (χ1v) is 8.99. The van der Waals surface area contributed by atoms with E-state index in [1.165, 1.54) is 26.4 Å². The molecule has 0 saturated carbocycles. The highest BCUT2D eigenvalue weighted by atomic mass is 35.5. The van der Waals surface area contributed by atoms with E-state index in [0.29, 0.717) is 40.6 Å². The van der Waals surface area contributed by atoms with Crippen LogP contribution in [0.15, 0.2) is 36.4 Å². The van der Waals surface area contributed by atoms with Gasteiger partial charge in [-0.15, -0.1) is 0 Å². The van der Waals surface area contributed by atoms with Crippen molar-refractivity contribution in [1.82, 2.24) is 4.90 Å². The van der Waals surface area contributed by atoms with Crippen LogP contribution in [0.4, 0.5) is 4.39 Å². The van der Waals surface area contributed by atoms with Gasteiger partial charge < -0.3 is 14.6 Å². The molecule has 0 radical (unpaired) electrons. The Kier molecular flexibility index (Phi) is 5.87. The number of nitrogens with zero attached hydrogens (tertiary/aromatic N) is 1. The molecule has 1 heterocycles. The van der Waals surface area contributed by atoms with Gasteiger partial charge in [0.2, 0.25) is 0 Å². The maximum Gasteiger partial charge on any atom is 0.320 e. The monoisotopic (exact) mass is 393 g/mol. The second-order valence-electron chi connectivity index (χ2n) is 6.41. The van der Waals surface area contributed by atoms with Crippen molar-refractivity contribution in [3.8, 4) is 11.5 Å². The molecule has 2 aromatic carbocycles. The minimum atomic E-state index is -0.908. The summed E-state index contributed by atoms with van der Waals surface area (Å²) < 4.78 is 25.1. The van der Waals surface area contributed by atoms with Crippen LogP contribution in [0.25, 0.3) is 0 Å². The van der Waals surface area contributed by atoms with Crippen LogP contribution < -0.4 is 9.47 Å². The number of hydrogen-bond acceptors (Lipinski definition) is 4. The van der Waals surface area contributed by atoms with E-state index < -0.39 is 23.9 Å². The highest BCUT2D eigenvalue weighted by Crippen LogP contribution is 2.43. The lowest BCUT2D eigenvalue weighted by atomic mass is 9.94. The number of carboxylic acid groups (broad SMARTS) is 1. The summed E-state index contributed by atoms with van der Waals surface area (Å²) in [5.74, 6) is -0.317. The summed E-state index contributed by atoms with van der Waals surface area (Å²) >= 11 is 6.22. The minimum absolute atomic E-state index is 0.428. The Bertz CT molecular complexity index is 791. The van der Waals surface area contributed by atoms with Crippen LogP contribution in [0.2, 0.25) is 5.02 Å². The number of likely N-dealkylation sites (tertiary alicyclic amines) is 1. The number of halogens is 2. The standard InChI is InChI=1S/C20H21ClFNO4/c1-26-17-7-5-12(21)10-14(17)19(23-9-3-4-16(23)20(24)25)15-11-13(22)6-8-18(15)27-2/h5-8,10-11,16,19H,3-4,9H2,1-2H3,(H,24,25). The van der Waals surface area contributed by atoms with E-state index in [9.17, 15) is 14.3 Å². The molecule has 1 aliphatic rings. The summed E-state index contributed by atoms with van der Waals surface area (Å²) in [5.41, 5.74) is 1.20. The van der Waals surface area contributed by atoms with Crippen molar-refractivity contribution in [3.05, 3.63) is 58.4 Å². The average Bonchev–Trinajstić information content (AvgIpc) is 3.12. The van der Waals surface area contributed by atoms with Crippen molar-refractivity contribution >= 4 is 17.6 Å². The van der Waals surface area contributed by atoms with Crippen LogP contribution in [-0.2, 0) is 4.79 Å². The minimum Gasteiger partial charge on any atom is -0.496 e. The maximum atomic E-state index is 14.1. The van der Waals surface area contributed by atoms with Gasteiger partial charge in [0.15, 0.2) is 0 Å². The molecule has 0 bridgehead atoms. The molecule has 1 aliphatic heterocycles. The second kappa shape index (κ2) is 8.15. The highest BCUT2D eigenvalue weighted by molar-refractivity contribution is 6.30. The Labute approximate surface area is 162 Å². The molecule has 144 valence electrons. The summed E-state index contributed by atoms with van der Waals surface area (Å²) in [7, 11) is 3.03. The van der Waals surface area contributed by atoms with Gasteiger partial charge in [-0.3, -0.25) is 9.69 Å². The molecule has 0 aliphatic carbocycles. The summed E-state index contributed by atoms with van der Waals surface area (Å²) in [5, 5.41) is 10.2. The predicted molar refractivity (Wildman–Crippen MR) is 100 cm³/mol. The molecule has 0 amide bonds. The number of benzene rings is 2. The van der Waals surface area contributed by atoms with Gasteiger partial charge in [0.05, 0.1) is 20.3 Å². The average molecular weight is 394 g/mol. The van der Waals surface area contributed by atoms with Crippen LogP contribution >= 0.6 is 11.6 Å². The molecule has 1 N–H and O–H groups in total. The van der Waals surface area contributed by atoms with E-state index in [-0.39, 0.29) is 0 Å². The van der Waals surface area contributed by atoms with Crippen LogP contribution in [0.5, 0.6) is 11.5 Å². The van der Waals surface area contributed by atoms with Crippen molar-refractivity contribution in [3.63, 3.8) is 0 Å². The Hall–Kier alpha value is -2.31. The molecule has 1 fully saturated rings. The smallest absolute Gasteiger partial charge is 0.320 e. The molecule has 5 nitrogen and oxygen atoms in total. The molecule has 2 unspecified atom stereocenters. The normalized spacial score (nSPS) is 18.3. The molecular formula is C20H21ClFNO4. The van der Waals surface area contributed by atoms with Crippen LogP contribution in [0.1, 0.15) is 30.0 Å². The molecule has 2 atom stereocenters. The fraction of sp³-hybridized carbons (Fsp3) is 0.350. The number of carbonyl (C=O) groups is 1. The first-order valence-electron chi connectivity index (χ1n) is 8.61. The van der Waals surface area contributed by atoms with E-state index >= 15 is 0 Å². The SMILES string of the molecule is COc1ccc(F)cc1C(c1cc(Cl)ccc1OC)N1CCCC1C(=O)O. The fourth-order valence-electron chi connectivity index (χ4n) is 3.73. The molecule has 0 aromatic heterocycles. The Morgan fingerprint density at radius 2 is 1.81 bits per heavy atom. The lowest BCUT2D eigenvalue weighted by Crippen LogP contribution is -2.39. The number of ether oxygens (including phenoxy) is 2. The van der Waals surface area contributed by atoms with Crippen molar-refractivity contribution in [2.24, 2.45) is 0 Å². The first kappa shape index (κ1) is 19.5. The molecule has 1 saturated heterocycles. The molecular weight excluding hydrogens is 373 g/mol. The van der Waals surface area contributed by atoms with Gasteiger partial charge in [0.1, 0.15) is 23.4 Å². The van der Waals surface area contributed by atoms with Crippen LogP contribution in [-0.4, -0.2) is 42.8 Å². The van der Waals surface area contributed by atoms with E-state index in [2.05, 4.69) is 0 Å². The third-order valence-electron chi connectivity index (χ3n) is 4.88. The molecule has 3 rings (SSSR count). The van der Waals surface area contributed by atoms with Crippen LogP contribution in [0.3, 0.4) is 0 Å². The van der Waals surface area contributed by atoms with Gasteiger partial charge in [-0.1, -0.05) is 11.6 Å². The molecule has 27 heavy (non-hydrogen) atoms. The molecule has 0 spiro atoms. The lowest BCUT2D eigenvalue weighted by Gasteiger charge is -2.33. The molecule has 7 heteroatoms. The van der Waals surface area contributed by atoms with Gasteiger partial charge in [0, 0.05) is 22.7 Å². The zero-order valence-electron chi connectivity index (χ0n) is 15.1. The van der Waals surface area contributed by atoms with Crippen molar-refractivity contribution in [2.45, 2.75) is 24.9 Å². The highest BCUT2D eigenvalue weighted by Gasteiger charge is 2.39. The zero-order valence-corrected chi connectivity index (χ0v) is 15.9. The zero-order chi connectivity index (χ0) is 19.6. The van der Waals surface area contributed by atoms with Crippen molar-refractivity contribution in [2.75, 3.05) is 20.8 Å². The van der Waals surface area contributed by atoms with E-state index in [0.717, 1.165) is 6.42 Å². The number of rotatable bonds is 6. The second-order valence-corrected chi connectivity index (χ2v) is 6.85. The summed E-state index contributed by atoms with van der Waals surface area (Å²) in [6, 6.07) is 8.12. The Balaban J connectivity index is 2.24. The van der Waals surface area contributed by atoms with E-state index in [1.54, 1.807) is 24.3 Å². The van der Waals surface area contributed by atoms with Gasteiger partial charge in [-0.25, -0.2) is 4.39 Å². The largest absolute Gasteiger partial charge is 0.496 e. The summed E-state index contributed by atoms with van der Waals surface area (Å²) in [6.07, 6.45) is 1.25. The number of hydrogen-bond donors (Lipinski definition) is 1. The summed E-state index contributed by atoms with van der Waals surface area (Å²) in [4.78, 5) is 13.7. The first-order chi connectivity index (χ1) is 13.0. The Morgan fingerprint density at radius 3 is 2.44 bits per heavy atom. The fourth-order valence-corrected chi connectivity index (χ4v) is 3.91. The maximum absolute atomic E-state index is 14.1. The number of methoxy groups -OCH3 is 2. The quantitative estimate of drug-likeness (QED) is 0.799. The van der Waals surface area contributed by atoms with Gasteiger partial charge >= 0.3 is 5.97 Å². The van der Waals surface area contributed by atoms with E-state index in [4.69, 9.17) is 21.1 Å². The topological polar surface area (TPSA) is 59.0 Å². The molecule has 2 aromatic rings. The van der Waals surface area contributed by atoms with Crippen LogP contribution in [0, 0.1) is 5.82 Å². The Morgan fingerprint density at radius 1 is 1.19 bits per heavy atom. The lowest BCUT2D eigenvalue weighted by molar-refractivity contribution is -0.142. The van der Waals surface area contributed by atoms with Gasteiger partial charge in [0.25, 0.3) is 0 Å². The number of carboxylic acids is 1. The summed E-state index contributed by atoms with van der Waals surface area (Å²) in [6.45, 7) is 0.553.